The second-order valence-corrected chi connectivity index (χ2v) is 7.00. The van der Waals surface area contributed by atoms with Crippen LogP contribution in [0.25, 0.3) is 0 Å². The van der Waals surface area contributed by atoms with Gasteiger partial charge in [-0.2, -0.15) is 5.06 Å². The van der Waals surface area contributed by atoms with E-state index < -0.39 is 0 Å². The smallest absolute Gasteiger partial charge is 0.0694 e. The first-order chi connectivity index (χ1) is 10.5. The van der Waals surface area contributed by atoms with E-state index in [1.54, 1.807) is 0 Å². The number of rotatable bonds is 5. The summed E-state index contributed by atoms with van der Waals surface area (Å²) in [5.74, 6) is 1.18. The average Bonchev–Trinajstić information content (AvgIpc) is 2.57. The molecule has 5 heteroatoms. The maximum Gasteiger partial charge on any atom is 0.0694 e. The monoisotopic (exact) mass is 314 g/mol. The fourth-order valence-electron chi connectivity index (χ4n) is 3.85. The van der Waals surface area contributed by atoms with Gasteiger partial charge in [-0.1, -0.05) is 45.4 Å². The standard InChI is InChI=1S/C13H26N2.C4H12N2O/c14-13(15,11-7-3-1-4-8-11)12-9-5-2-6-10-12;1-2-6(7)4-3-5/h11-12H,1-10,14-15H2;7H,2-5H2,1H3. The van der Waals surface area contributed by atoms with Gasteiger partial charge in [0.05, 0.1) is 5.66 Å². The minimum absolute atomic E-state index is 0.360. The lowest BCUT2D eigenvalue weighted by atomic mass is 9.70. The van der Waals surface area contributed by atoms with Gasteiger partial charge in [-0.25, -0.2) is 0 Å². The topological polar surface area (TPSA) is 102 Å². The van der Waals surface area contributed by atoms with Crippen molar-refractivity contribution in [3.63, 3.8) is 0 Å². The lowest BCUT2D eigenvalue weighted by Gasteiger charge is -2.44. The average molecular weight is 315 g/mol. The molecule has 0 bridgehead atoms. The molecule has 0 aliphatic heterocycles. The van der Waals surface area contributed by atoms with Crippen LogP contribution < -0.4 is 17.2 Å². The predicted molar refractivity (Wildman–Crippen MR) is 92.3 cm³/mol. The Labute approximate surface area is 136 Å². The molecule has 0 aromatic carbocycles. The van der Waals surface area contributed by atoms with Crippen LogP contribution in [0.2, 0.25) is 0 Å². The molecule has 2 saturated carbocycles. The number of nitrogens with zero attached hydrogens (tertiary/aromatic N) is 1. The Morgan fingerprint density at radius 3 is 1.59 bits per heavy atom. The van der Waals surface area contributed by atoms with Gasteiger partial charge in [0.15, 0.2) is 0 Å². The van der Waals surface area contributed by atoms with Gasteiger partial charge >= 0.3 is 0 Å². The van der Waals surface area contributed by atoms with Gasteiger partial charge in [0.2, 0.25) is 0 Å². The van der Waals surface area contributed by atoms with Crippen molar-refractivity contribution in [2.24, 2.45) is 29.0 Å². The van der Waals surface area contributed by atoms with Gasteiger partial charge in [0.25, 0.3) is 0 Å². The van der Waals surface area contributed by atoms with E-state index in [1.807, 2.05) is 6.92 Å². The second kappa shape index (κ2) is 10.6. The fraction of sp³-hybridized carbons (Fsp3) is 1.00. The van der Waals surface area contributed by atoms with E-state index in [9.17, 15) is 0 Å². The SMILES string of the molecule is CCN(O)CCN.NC(N)(C1CCCCC1)C1CCCCC1. The third-order valence-corrected chi connectivity index (χ3v) is 5.38. The Balaban J connectivity index is 0.000000295. The molecular formula is C17H38N4O. The van der Waals surface area contributed by atoms with Crippen molar-refractivity contribution in [3.05, 3.63) is 0 Å². The molecule has 0 heterocycles. The van der Waals surface area contributed by atoms with Crippen molar-refractivity contribution >= 4 is 0 Å². The van der Waals surface area contributed by atoms with E-state index in [4.69, 9.17) is 22.4 Å². The van der Waals surface area contributed by atoms with Crippen LogP contribution in [0.15, 0.2) is 0 Å². The fourth-order valence-corrected chi connectivity index (χ4v) is 3.85. The van der Waals surface area contributed by atoms with Gasteiger partial charge in [0.1, 0.15) is 0 Å². The molecule has 22 heavy (non-hydrogen) atoms. The first kappa shape index (κ1) is 19.8. The quantitative estimate of drug-likeness (QED) is 0.461. The summed E-state index contributed by atoms with van der Waals surface area (Å²) in [7, 11) is 0. The largest absolute Gasteiger partial charge is 0.329 e. The first-order valence-corrected chi connectivity index (χ1v) is 9.24. The number of hydrogen-bond donors (Lipinski definition) is 4. The van der Waals surface area contributed by atoms with E-state index in [2.05, 4.69) is 0 Å². The van der Waals surface area contributed by atoms with Crippen molar-refractivity contribution in [2.75, 3.05) is 19.6 Å². The van der Waals surface area contributed by atoms with E-state index >= 15 is 0 Å². The van der Waals surface area contributed by atoms with Crippen LogP contribution in [0, 0.1) is 11.8 Å². The molecule has 2 aliphatic carbocycles. The van der Waals surface area contributed by atoms with Crippen LogP contribution in [-0.2, 0) is 0 Å². The Hall–Kier alpha value is -0.200. The van der Waals surface area contributed by atoms with Crippen molar-refractivity contribution in [3.8, 4) is 0 Å². The van der Waals surface area contributed by atoms with Crippen LogP contribution in [0.3, 0.4) is 0 Å². The number of nitrogens with two attached hydrogens (primary N) is 3. The van der Waals surface area contributed by atoms with Crippen LogP contribution in [0.4, 0.5) is 0 Å². The van der Waals surface area contributed by atoms with Crippen LogP contribution >= 0.6 is 0 Å². The Morgan fingerprint density at radius 2 is 1.32 bits per heavy atom. The normalized spacial score (nSPS) is 21.5. The summed E-state index contributed by atoms with van der Waals surface area (Å²) in [6.45, 7) is 3.60. The summed E-state index contributed by atoms with van der Waals surface area (Å²) in [5, 5.41) is 9.79. The Kier molecular flexibility index (Phi) is 9.52. The molecule has 2 fully saturated rings. The van der Waals surface area contributed by atoms with Crippen LogP contribution in [0.5, 0.6) is 0 Å². The minimum Gasteiger partial charge on any atom is -0.329 e. The van der Waals surface area contributed by atoms with Crippen molar-refractivity contribution in [1.82, 2.24) is 5.06 Å². The summed E-state index contributed by atoms with van der Waals surface area (Å²) in [5.41, 5.74) is 17.6. The number of hydroxylamine groups is 2. The van der Waals surface area contributed by atoms with E-state index in [-0.39, 0.29) is 5.66 Å². The summed E-state index contributed by atoms with van der Waals surface area (Å²) in [4.78, 5) is 0. The molecule has 5 nitrogen and oxygen atoms in total. The number of likely N-dealkylation sites (N-methyl/N-ethyl adjacent to an activating group) is 1. The lowest BCUT2D eigenvalue weighted by molar-refractivity contribution is -0.0831. The Bertz CT molecular complexity index is 254. The Morgan fingerprint density at radius 1 is 0.909 bits per heavy atom. The zero-order valence-corrected chi connectivity index (χ0v) is 14.5. The highest BCUT2D eigenvalue weighted by molar-refractivity contribution is 4.94. The summed E-state index contributed by atoms with van der Waals surface area (Å²) < 4.78 is 0. The third-order valence-electron chi connectivity index (χ3n) is 5.38. The highest BCUT2D eigenvalue weighted by atomic mass is 16.5. The van der Waals surface area contributed by atoms with Crippen LogP contribution in [0.1, 0.15) is 71.1 Å². The molecule has 7 N–H and O–H groups in total. The van der Waals surface area contributed by atoms with Gasteiger partial charge < -0.3 is 22.4 Å². The molecule has 0 radical (unpaired) electrons. The highest BCUT2D eigenvalue weighted by Gasteiger charge is 2.39. The van der Waals surface area contributed by atoms with E-state index in [1.165, 1.54) is 69.3 Å². The maximum atomic E-state index is 8.61. The van der Waals surface area contributed by atoms with Crippen LogP contribution in [-0.4, -0.2) is 35.6 Å². The molecule has 2 rings (SSSR count). The predicted octanol–water partition coefficient (Wildman–Crippen LogP) is 2.42. The highest BCUT2D eigenvalue weighted by Crippen LogP contribution is 2.38. The van der Waals surface area contributed by atoms with Crippen molar-refractivity contribution < 1.29 is 5.21 Å². The van der Waals surface area contributed by atoms with Gasteiger partial charge in [0, 0.05) is 19.6 Å². The molecule has 0 spiro atoms. The van der Waals surface area contributed by atoms with Gasteiger partial charge in [-0.15, -0.1) is 0 Å². The molecule has 0 aromatic rings. The third kappa shape index (κ3) is 6.50. The molecule has 0 amide bonds. The van der Waals surface area contributed by atoms with E-state index in [0.717, 1.165) is 0 Å². The van der Waals surface area contributed by atoms with Crippen molar-refractivity contribution in [1.29, 1.82) is 0 Å². The zero-order valence-electron chi connectivity index (χ0n) is 14.5. The summed E-state index contributed by atoms with van der Waals surface area (Å²) >= 11 is 0. The second-order valence-electron chi connectivity index (χ2n) is 7.00. The van der Waals surface area contributed by atoms with E-state index in [0.29, 0.717) is 31.5 Å². The molecule has 0 unspecified atom stereocenters. The summed E-state index contributed by atoms with van der Waals surface area (Å²) in [6, 6.07) is 0. The molecule has 0 aromatic heterocycles. The van der Waals surface area contributed by atoms with Crippen molar-refractivity contribution in [2.45, 2.75) is 76.8 Å². The molecule has 0 atom stereocenters. The number of hydrogen-bond acceptors (Lipinski definition) is 5. The minimum atomic E-state index is -0.360. The summed E-state index contributed by atoms with van der Waals surface area (Å²) in [6.07, 6.45) is 13.2. The lowest BCUT2D eigenvalue weighted by Crippen LogP contribution is -2.61. The maximum absolute atomic E-state index is 8.61. The molecule has 0 saturated heterocycles. The van der Waals surface area contributed by atoms with Gasteiger partial charge in [-0.05, 0) is 37.5 Å². The van der Waals surface area contributed by atoms with Gasteiger partial charge in [-0.3, -0.25) is 0 Å². The zero-order chi connectivity index (χ0) is 16.4. The molecule has 132 valence electrons. The molecule has 2 aliphatic rings. The molecular weight excluding hydrogens is 276 g/mol. The first-order valence-electron chi connectivity index (χ1n) is 9.24.